The van der Waals surface area contributed by atoms with Crippen molar-refractivity contribution in [1.82, 2.24) is 14.8 Å². The molecule has 1 aliphatic rings. The van der Waals surface area contributed by atoms with E-state index in [0.717, 1.165) is 36.1 Å². The molecule has 1 saturated heterocycles. The van der Waals surface area contributed by atoms with Crippen molar-refractivity contribution < 1.29 is 9.18 Å². The van der Waals surface area contributed by atoms with Gasteiger partial charge in [-0.2, -0.15) is 0 Å². The van der Waals surface area contributed by atoms with E-state index in [9.17, 15) is 9.18 Å². The van der Waals surface area contributed by atoms with Crippen LogP contribution < -0.4 is 0 Å². The molecule has 1 amide bonds. The smallest absolute Gasteiger partial charge is 0.270 e. The molecular formula is C20H20FN3O. The van der Waals surface area contributed by atoms with Crippen molar-refractivity contribution in [3.8, 4) is 0 Å². The summed E-state index contributed by atoms with van der Waals surface area (Å²) in [7, 11) is 0. The number of aromatic amines is 1. The number of aromatic nitrogens is 1. The lowest BCUT2D eigenvalue weighted by molar-refractivity contribution is 0.0623. The van der Waals surface area contributed by atoms with Crippen LogP contribution >= 0.6 is 0 Å². The van der Waals surface area contributed by atoms with Crippen LogP contribution in [0.3, 0.4) is 0 Å². The van der Waals surface area contributed by atoms with Gasteiger partial charge in [0.15, 0.2) is 0 Å². The molecule has 1 aliphatic heterocycles. The molecule has 0 unspecified atom stereocenters. The van der Waals surface area contributed by atoms with Crippen LogP contribution in [-0.2, 0) is 6.54 Å². The van der Waals surface area contributed by atoms with Crippen molar-refractivity contribution in [2.75, 3.05) is 26.2 Å². The summed E-state index contributed by atoms with van der Waals surface area (Å²) in [5.74, 6) is -0.157. The third-order valence-corrected chi connectivity index (χ3v) is 4.74. The van der Waals surface area contributed by atoms with Crippen LogP contribution in [0.15, 0.2) is 54.6 Å². The van der Waals surface area contributed by atoms with Crippen LogP contribution in [-0.4, -0.2) is 46.9 Å². The van der Waals surface area contributed by atoms with Crippen LogP contribution in [0.2, 0.25) is 0 Å². The molecule has 1 aromatic heterocycles. The van der Waals surface area contributed by atoms with Crippen molar-refractivity contribution in [2.24, 2.45) is 0 Å². The van der Waals surface area contributed by atoms with E-state index in [1.165, 1.54) is 12.1 Å². The molecule has 25 heavy (non-hydrogen) atoms. The van der Waals surface area contributed by atoms with Gasteiger partial charge < -0.3 is 9.88 Å². The van der Waals surface area contributed by atoms with Gasteiger partial charge in [-0.05, 0) is 29.8 Å². The zero-order valence-corrected chi connectivity index (χ0v) is 13.9. The third-order valence-electron chi connectivity index (χ3n) is 4.74. The number of carbonyl (C=O) groups is 1. The molecule has 4 nitrogen and oxygen atoms in total. The third kappa shape index (κ3) is 3.42. The lowest BCUT2D eigenvalue weighted by Crippen LogP contribution is -2.48. The quantitative estimate of drug-likeness (QED) is 0.797. The highest BCUT2D eigenvalue weighted by molar-refractivity contribution is 5.98. The van der Waals surface area contributed by atoms with Crippen molar-refractivity contribution in [1.29, 1.82) is 0 Å². The first-order valence-corrected chi connectivity index (χ1v) is 8.53. The minimum atomic E-state index is -0.211. The fourth-order valence-electron chi connectivity index (χ4n) is 3.32. The lowest BCUT2D eigenvalue weighted by atomic mass is 10.2. The Morgan fingerprint density at radius 3 is 2.44 bits per heavy atom. The van der Waals surface area contributed by atoms with E-state index in [0.29, 0.717) is 18.8 Å². The number of para-hydroxylation sites is 1. The fraction of sp³-hybridized carbons (Fsp3) is 0.250. The molecule has 0 spiro atoms. The highest BCUT2D eigenvalue weighted by atomic mass is 19.1. The molecular weight excluding hydrogens is 317 g/mol. The van der Waals surface area contributed by atoms with Gasteiger partial charge in [0.25, 0.3) is 5.91 Å². The Hall–Kier alpha value is -2.66. The maximum absolute atomic E-state index is 13.0. The summed E-state index contributed by atoms with van der Waals surface area (Å²) in [5.41, 5.74) is 2.73. The predicted molar refractivity (Wildman–Crippen MR) is 95.9 cm³/mol. The average molecular weight is 337 g/mol. The van der Waals surface area contributed by atoms with Gasteiger partial charge in [-0.15, -0.1) is 0 Å². The number of piperazine rings is 1. The topological polar surface area (TPSA) is 39.3 Å². The molecule has 1 N–H and O–H groups in total. The summed E-state index contributed by atoms with van der Waals surface area (Å²) in [6.07, 6.45) is 0. The van der Waals surface area contributed by atoms with E-state index >= 15 is 0 Å². The standard InChI is InChI=1S/C20H20FN3O/c21-17-7-5-15(6-8-17)14-23-9-11-24(12-10-23)20(25)19-13-16-3-1-2-4-18(16)22-19/h1-8,13,22H,9-12,14H2. The van der Waals surface area contributed by atoms with Gasteiger partial charge in [-0.25, -0.2) is 4.39 Å². The zero-order chi connectivity index (χ0) is 17.2. The number of benzene rings is 2. The fourth-order valence-corrected chi connectivity index (χ4v) is 3.32. The van der Waals surface area contributed by atoms with Crippen molar-refractivity contribution in [3.63, 3.8) is 0 Å². The van der Waals surface area contributed by atoms with Gasteiger partial charge in [0, 0.05) is 43.6 Å². The van der Waals surface area contributed by atoms with Crippen LogP contribution in [0, 0.1) is 5.82 Å². The van der Waals surface area contributed by atoms with Gasteiger partial charge in [0.05, 0.1) is 0 Å². The summed E-state index contributed by atoms with van der Waals surface area (Å²) < 4.78 is 13.0. The number of nitrogens with one attached hydrogen (secondary N) is 1. The Labute approximate surface area is 145 Å². The minimum Gasteiger partial charge on any atom is -0.351 e. The number of H-pyrrole nitrogens is 1. The number of fused-ring (bicyclic) bond motifs is 1. The monoisotopic (exact) mass is 337 g/mol. The molecule has 0 bridgehead atoms. The SMILES string of the molecule is O=C(c1cc2ccccc2[nH]1)N1CCN(Cc2ccc(F)cc2)CC1. The number of halogens is 1. The first-order valence-electron chi connectivity index (χ1n) is 8.53. The largest absolute Gasteiger partial charge is 0.351 e. The maximum atomic E-state index is 13.0. The van der Waals surface area contributed by atoms with E-state index < -0.39 is 0 Å². The van der Waals surface area contributed by atoms with E-state index in [4.69, 9.17) is 0 Å². The Kier molecular flexibility index (Phi) is 4.24. The van der Waals surface area contributed by atoms with Crippen LogP contribution in [0.25, 0.3) is 10.9 Å². The summed E-state index contributed by atoms with van der Waals surface area (Å²) in [6, 6.07) is 16.4. The van der Waals surface area contributed by atoms with Crippen LogP contribution in [0.4, 0.5) is 4.39 Å². The normalized spacial score (nSPS) is 15.6. The van der Waals surface area contributed by atoms with Gasteiger partial charge in [-0.3, -0.25) is 9.69 Å². The molecule has 3 aromatic rings. The molecule has 0 radical (unpaired) electrons. The van der Waals surface area contributed by atoms with Crippen molar-refractivity contribution >= 4 is 16.8 Å². The molecule has 128 valence electrons. The summed E-state index contributed by atoms with van der Waals surface area (Å²) in [4.78, 5) is 20.1. The highest BCUT2D eigenvalue weighted by Crippen LogP contribution is 2.17. The summed E-state index contributed by atoms with van der Waals surface area (Å²) >= 11 is 0. The number of amides is 1. The second-order valence-electron chi connectivity index (χ2n) is 6.47. The Bertz CT molecular complexity index is 846. The van der Waals surface area contributed by atoms with Crippen LogP contribution in [0.5, 0.6) is 0 Å². The molecule has 1 fully saturated rings. The van der Waals surface area contributed by atoms with E-state index in [-0.39, 0.29) is 11.7 Å². The predicted octanol–water partition coefficient (Wildman–Crippen LogP) is 3.27. The first-order chi connectivity index (χ1) is 12.2. The number of hydrogen-bond acceptors (Lipinski definition) is 2. The molecule has 4 rings (SSSR count). The molecule has 0 atom stereocenters. The van der Waals surface area contributed by atoms with Gasteiger partial charge in [-0.1, -0.05) is 30.3 Å². The number of nitrogens with zero attached hydrogens (tertiary/aromatic N) is 2. The van der Waals surface area contributed by atoms with E-state index in [1.54, 1.807) is 0 Å². The number of rotatable bonds is 3. The summed E-state index contributed by atoms with van der Waals surface area (Å²) in [5, 5.41) is 1.06. The minimum absolute atomic E-state index is 0.0534. The molecule has 0 saturated carbocycles. The maximum Gasteiger partial charge on any atom is 0.270 e. The second-order valence-corrected chi connectivity index (χ2v) is 6.47. The second kappa shape index (κ2) is 6.69. The summed E-state index contributed by atoms with van der Waals surface area (Å²) in [6.45, 7) is 3.84. The first kappa shape index (κ1) is 15.8. The molecule has 2 heterocycles. The molecule has 2 aromatic carbocycles. The number of hydrogen-bond donors (Lipinski definition) is 1. The average Bonchev–Trinajstić information content (AvgIpc) is 3.08. The van der Waals surface area contributed by atoms with Crippen molar-refractivity contribution in [3.05, 3.63) is 71.7 Å². The lowest BCUT2D eigenvalue weighted by Gasteiger charge is -2.34. The van der Waals surface area contributed by atoms with Gasteiger partial charge in [0.1, 0.15) is 11.5 Å². The number of carbonyl (C=O) groups excluding carboxylic acids is 1. The van der Waals surface area contributed by atoms with Gasteiger partial charge >= 0.3 is 0 Å². The Morgan fingerprint density at radius 1 is 1.00 bits per heavy atom. The molecule has 0 aliphatic carbocycles. The highest BCUT2D eigenvalue weighted by Gasteiger charge is 2.23. The molecule has 5 heteroatoms. The van der Waals surface area contributed by atoms with E-state index in [1.807, 2.05) is 47.4 Å². The van der Waals surface area contributed by atoms with Gasteiger partial charge in [0.2, 0.25) is 0 Å². The van der Waals surface area contributed by atoms with Crippen LogP contribution in [0.1, 0.15) is 16.1 Å². The van der Waals surface area contributed by atoms with Crippen molar-refractivity contribution in [2.45, 2.75) is 6.54 Å². The Morgan fingerprint density at radius 2 is 1.72 bits per heavy atom. The van der Waals surface area contributed by atoms with E-state index in [2.05, 4.69) is 9.88 Å². The Balaban J connectivity index is 1.37. The zero-order valence-electron chi connectivity index (χ0n) is 13.9.